The van der Waals surface area contributed by atoms with E-state index in [-0.39, 0.29) is 38.4 Å². The molecule has 314 valence electrons. The van der Waals surface area contributed by atoms with Crippen molar-refractivity contribution >= 4 is 40.5 Å². The minimum Gasteiger partial charge on any atom is -0.491 e. The highest BCUT2D eigenvalue weighted by atomic mass is 16.6. The molecule has 3 amide bonds. The van der Waals surface area contributed by atoms with Crippen molar-refractivity contribution in [2.45, 2.75) is 58.6 Å². The summed E-state index contributed by atoms with van der Waals surface area (Å²) in [5.74, 6) is -0.250. The average Bonchev–Trinajstić information content (AvgIpc) is 3.21. The van der Waals surface area contributed by atoms with Crippen LogP contribution in [0, 0.1) is 6.92 Å². The lowest BCUT2D eigenvalue weighted by Gasteiger charge is -2.27. The fourth-order valence-electron chi connectivity index (χ4n) is 5.92. The van der Waals surface area contributed by atoms with Gasteiger partial charge in [-0.3, -0.25) is 19.3 Å². The van der Waals surface area contributed by atoms with Gasteiger partial charge in [-0.1, -0.05) is 59.7 Å². The molecule has 0 aliphatic carbocycles. The lowest BCUT2D eigenvalue weighted by Crippen LogP contribution is -2.40. The lowest BCUT2D eigenvalue weighted by atomic mass is 9.95. The van der Waals surface area contributed by atoms with E-state index in [0.29, 0.717) is 56.6 Å². The molecular weight excluding hydrogens is 759 g/mol. The van der Waals surface area contributed by atoms with Crippen molar-refractivity contribution in [1.29, 1.82) is 0 Å². The maximum Gasteiger partial charge on any atom is 0.416 e. The van der Waals surface area contributed by atoms with Gasteiger partial charge in [0.1, 0.15) is 23.8 Å². The van der Waals surface area contributed by atoms with Crippen LogP contribution in [0.15, 0.2) is 84.1 Å². The molecule has 59 heavy (non-hydrogen) atoms. The Balaban J connectivity index is 1.33. The van der Waals surface area contributed by atoms with Crippen molar-refractivity contribution in [2.75, 3.05) is 64.7 Å². The van der Waals surface area contributed by atoms with Gasteiger partial charge in [-0.25, -0.2) is 9.78 Å². The van der Waals surface area contributed by atoms with Crippen LogP contribution in [0.2, 0.25) is 0 Å². The number of methoxy groups -OCH3 is 1. The van der Waals surface area contributed by atoms with Gasteiger partial charge in [-0.2, -0.15) is 0 Å². The van der Waals surface area contributed by atoms with Crippen LogP contribution < -0.4 is 20.3 Å². The van der Waals surface area contributed by atoms with Gasteiger partial charge in [0.05, 0.1) is 52.5 Å². The van der Waals surface area contributed by atoms with E-state index in [1.807, 2.05) is 73.7 Å². The van der Waals surface area contributed by atoms with Crippen molar-refractivity contribution < 1.29 is 42.9 Å². The molecule has 0 fully saturated rings. The van der Waals surface area contributed by atoms with Crippen LogP contribution in [0.1, 0.15) is 57.2 Å². The normalized spacial score (nSPS) is 11.5. The molecule has 4 aromatic rings. The van der Waals surface area contributed by atoms with Crippen molar-refractivity contribution in [1.82, 2.24) is 15.6 Å². The number of anilines is 1. The largest absolute Gasteiger partial charge is 0.491 e. The Morgan fingerprint density at radius 2 is 1.61 bits per heavy atom. The molecular formula is C43H53N7O9. The number of fused-ring (bicyclic) bond motifs is 1. The Morgan fingerprint density at radius 3 is 2.31 bits per heavy atom. The molecule has 0 unspecified atom stereocenters. The molecule has 3 aromatic carbocycles. The van der Waals surface area contributed by atoms with Crippen LogP contribution in [0.25, 0.3) is 32.3 Å². The molecule has 0 aliphatic rings. The Hall–Kier alpha value is -6.22. The molecule has 2 N–H and O–H groups in total. The second-order valence-electron chi connectivity index (χ2n) is 14.4. The number of azide groups is 1. The smallest absolute Gasteiger partial charge is 0.416 e. The van der Waals surface area contributed by atoms with Crippen LogP contribution in [-0.4, -0.2) is 94.2 Å². The summed E-state index contributed by atoms with van der Waals surface area (Å²) in [7, 11) is 1.28. The number of carbonyl (C=O) groups is 4. The second kappa shape index (κ2) is 23.3. The second-order valence-corrected chi connectivity index (χ2v) is 14.4. The first-order chi connectivity index (χ1) is 28.4. The number of aromatic nitrogens is 1. The summed E-state index contributed by atoms with van der Waals surface area (Å²) in [4.78, 5) is 59.6. The Kier molecular flexibility index (Phi) is 17.9. The van der Waals surface area contributed by atoms with Crippen LogP contribution in [0.3, 0.4) is 0 Å². The molecule has 1 atom stereocenters. The minimum absolute atomic E-state index is 0.0423. The van der Waals surface area contributed by atoms with Crippen molar-refractivity contribution in [2.24, 2.45) is 5.11 Å². The zero-order chi connectivity index (χ0) is 42.6. The van der Waals surface area contributed by atoms with E-state index >= 15 is 0 Å². The van der Waals surface area contributed by atoms with Crippen molar-refractivity contribution in [3.8, 4) is 16.9 Å². The lowest BCUT2D eigenvalue weighted by molar-refractivity contribution is -0.141. The summed E-state index contributed by atoms with van der Waals surface area (Å²) in [6.45, 7) is 9.18. The number of aryl methyl sites for hydroxylation is 1. The molecule has 16 heteroatoms. The topological polar surface area (TPSA) is 203 Å². The fourth-order valence-corrected chi connectivity index (χ4v) is 5.92. The first kappa shape index (κ1) is 45.5. The Labute approximate surface area is 344 Å². The van der Waals surface area contributed by atoms with Gasteiger partial charge in [-0.05, 0) is 85.5 Å². The third kappa shape index (κ3) is 15.2. The number of rotatable bonds is 22. The quantitative estimate of drug-likeness (QED) is 0.0274. The van der Waals surface area contributed by atoms with Crippen LogP contribution >= 0.6 is 0 Å². The van der Waals surface area contributed by atoms with E-state index in [1.165, 1.54) is 12.0 Å². The third-order valence-electron chi connectivity index (χ3n) is 8.72. The summed E-state index contributed by atoms with van der Waals surface area (Å²) in [5, 5.41) is 10.8. The molecule has 16 nitrogen and oxygen atoms in total. The SMILES string of the molecule is COC(=O)C[C@@H](NC(=O)CNC(=O)CCCN(C(=O)OC(C)(C)C)c1cc(C)ccn1)c1ccc(-c2ccc(OCCOCCOCCN=[N+]=[N-])c3ccccc23)cc1. The first-order valence-electron chi connectivity index (χ1n) is 19.4. The molecule has 0 saturated carbocycles. The molecule has 0 radical (unpaired) electrons. The maximum atomic E-state index is 13.1. The van der Waals surface area contributed by atoms with E-state index in [1.54, 1.807) is 33.0 Å². The summed E-state index contributed by atoms with van der Waals surface area (Å²) < 4.78 is 27.5. The first-order valence-corrected chi connectivity index (χ1v) is 19.4. The predicted molar refractivity (Wildman–Crippen MR) is 223 cm³/mol. The highest BCUT2D eigenvalue weighted by molar-refractivity contribution is 6.00. The maximum absolute atomic E-state index is 13.1. The molecule has 0 spiro atoms. The van der Waals surface area contributed by atoms with Gasteiger partial charge in [0.25, 0.3) is 0 Å². The molecule has 0 saturated heterocycles. The number of nitrogens with zero attached hydrogens (tertiary/aromatic N) is 5. The predicted octanol–water partition coefficient (Wildman–Crippen LogP) is 6.99. The fraction of sp³-hybridized carbons (Fsp3) is 0.419. The monoisotopic (exact) mass is 811 g/mol. The summed E-state index contributed by atoms with van der Waals surface area (Å²) >= 11 is 0. The summed E-state index contributed by atoms with van der Waals surface area (Å²) in [6.07, 6.45) is 1.24. The van der Waals surface area contributed by atoms with Crippen molar-refractivity contribution in [3.05, 3.63) is 101 Å². The standard InChI is InChI=1S/C43H53N7O9/c1-30-18-19-45-38(27-30)50(42(54)59-43(2,3)4)21-8-11-39(51)46-29-40(52)48-36(28-41(53)55-5)32-14-12-31(13-15-32)33-16-17-37(35-10-7-6-9-34(33)35)58-26-25-57-24-23-56-22-20-47-49-44/h6-7,9-10,12-19,27,36H,8,11,20-26,28-29H2,1-5H3,(H,46,51)(H,48,52)/t36-/m1/s1. The van der Waals surface area contributed by atoms with Gasteiger partial charge in [0.15, 0.2) is 0 Å². The number of hydrogen-bond donors (Lipinski definition) is 2. The number of nitrogens with one attached hydrogen (secondary N) is 2. The number of pyridine rings is 1. The molecule has 0 bridgehead atoms. The number of hydrogen-bond acceptors (Lipinski definition) is 11. The van der Waals surface area contributed by atoms with E-state index in [4.69, 9.17) is 29.2 Å². The van der Waals surface area contributed by atoms with Gasteiger partial charge < -0.3 is 34.3 Å². The Bertz CT molecular complexity index is 2060. The van der Waals surface area contributed by atoms with E-state index < -0.39 is 29.6 Å². The minimum atomic E-state index is -0.720. The third-order valence-corrected chi connectivity index (χ3v) is 8.72. The average molecular weight is 812 g/mol. The van der Waals surface area contributed by atoms with Crippen LogP contribution in [0.4, 0.5) is 10.6 Å². The number of amides is 3. The van der Waals surface area contributed by atoms with E-state index in [0.717, 1.165) is 27.5 Å². The molecule has 0 aliphatic heterocycles. The zero-order valence-corrected chi connectivity index (χ0v) is 34.3. The summed E-state index contributed by atoms with van der Waals surface area (Å²) in [6, 6.07) is 22.2. The highest BCUT2D eigenvalue weighted by Gasteiger charge is 2.25. The number of esters is 1. The number of benzene rings is 3. The van der Waals surface area contributed by atoms with Gasteiger partial charge in [-0.15, -0.1) is 0 Å². The summed E-state index contributed by atoms with van der Waals surface area (Å²) in [5.41, 5.74) is 11.1. The van der Waals surface area contributed by atoms with Crippen molar-refractivity contribution in [3.63, 3.8) is 0 Å². The Morgan fingerprint density at radius 1 is 0.898 bits per heavy atom. The van der Waals surface area contributed by atoms with E-state index in [2.05, 4.69) is 25.6 Å². The molecule has 1 aromatic heterocycles. The zero-order valence-electron chi connectivity index (χ0n) is 34.3. The molecule has 1 heterocycles. The van der Waals surface area contributed by atoms with Gasteiger partial charge in [0.2, 0.25) is 11.8 Å². The number of carbonyl (C=O) groups excluding carboxylic acids is 4. The van der Waals surface area contributed by atoms with Crippen LogP contribution in [-0.2, 0) is 33.3 Å². The number of ether oxygens (including phenoxy) is 5. The van der Waals surface area contributed by atoms with Gasteiger partial charge >= 0.3 is 12.1 Å². The van der Waals surface area contributed by atoms with Gasteiger partial charge in [0, 0.05) is 36.0 Å². The highest BCUT2D eigenvalue weighted by Crippen LogP contribution is 2.35. The molecule has 4 rings (SSSR count). The van der Waals surface area contributed by atoms with E-state index in [9.17, 15) is 19.2 Å². The van der Waals surface area contributed by atoms with Crippen LogP contribution in [0.5, 0.6) is 5.75 Å².